The highest BCUT2D eigenvalue weighted by Crippen LogP contribution is 2.34. The van der Waals surface area contributed by atoms with E-state index in [0.29, 0.717) is 34.7 Å². The maximum absolute atomic E-state index is 10.8. The van der Waals surface area contributed by atoms with E-state index in [2.05, 4.69) is 21.2 Å². The van der Waals surface area contributed by atoms with Gasteiger partial charge in [-0.3, -0.25) is 10.1 Å². The number of hydrogen-bond acceptors (Lipinski definition) is 5. The number of nitro groups is 1. The SMILES string of the molecule is CCOc1cc(CNCCc2ccc(Cl)cc2Cl)c(Br)cc1OCc1ccc([N+](=O)[O-])cc1. The summed E-state index contributed by atoms with van der Waals surface area (Å²) < 4.78 is 12.6. The van der Waals surface area contributed by atoms with Gasteiger partial charge in [0.15, 0.2) is 11.5 Å². The molecular weight excluding hydrogens is 531 g/mol. The molecule has 0 unspecified atom stereocenters. The molecule has 0 spiro atoms. The van der Waals surface area contributed by atoms with Crippen molar-refractivity contribution >= 4 is 44.8 Å². The number of nitrogens with one attached hydrogen (secondary N) is 1. The van der Waals surface area contributed by atoms with Crippen LogP contribution in [0.15, 0.2) is 59.1 Å². The van der Waals surface area contributed by atoms with Crippen molar-refractivity contribution in [2.75, 3.05) is 13.2 Å². The summed E-state index contributed by atoms with van der Waals surface area (Å²) in [7, 11) is 0. The molecule has 0 heterocycles. The number of nitro benzene ring substituents is 1. The Kier molecular flexibility index (Phi) is 9.38. The lowest BCUT2D eigenvalue weighted by Crippen LogP contribution is -2.17. The number of hydrogen-bond donors (Lipinski definition) is 1. The van der Waals surface area contributed by atoms with Crippen molar-refractivity contribution in [1.29, 1.82) is 0 Å². The highest BCUT2D eigenvalue weighted by molar-refractivity contribution is 9.10. The van der Waals surface area contributed by atoms with Gasteiger partial charge in [0.05, 0.1) is 11.5 Å². The van der Waals surface area contributed by atoms with E-state index >= 15 is 0 Å². The van der Waals surface area contributed by atoms with Gasteiger partial charge in [0.1, 0.15) is 6.61 Å². The predicted octanol–water partition coefficient (Wildman–Crippen LogP) is 6.97. The van der Waals surface area contributed by atoms with Crippen LogP contribution in [-0.4, -0.2) is 18.1 Å². The molecule has 0 aliphatic heterocycles. The molecule has 174 valence electrons. The maximum Gasteiger partial charge on any atom is 0.269 e. The van der Waals surface area contributed by atoms with Crippen molar-refractivity contribution in [2.45, 2.75) is 26.5 Å². The fourth-order valence-corrected chi connectivity index (χ4v) is 4.10. The molecule has 33 heavy (non-hydrogen) atoms. The molecule has 0 aliphatic rings. The minimum atomic E-state index is -0.425. The summed E-state index contributed by atoms with van der Waals surface area (Å²) in [4.78, 5) is 10.4. The molecule has 0 aromatic heterocycles. The van der Waals surface area contributed by atoms with Gasteiger partial charge in [-0.25, -0.2) is 0 Å². The summed E-state index contributed by atoms with van der Waals surface area (Å²) in [6, 6.07) is 15.6. The first-order chi connectivity index (χ1) is 15.9. The topological polar surface area (TPSA) is 73.6 Å². The zero-order chi connectivity index (χ0) is 23.8. The van der Waals surface area contributed by atoms with E-state index in [1.165, 1.54) is 12.1 Å². The van der Waals surface area contributed by atoms with Crippen molar-refractivity contribution < 1.29 is 14.4 Å². The number of non-ortho nitro benzene ring substituents is 1. The van der Waals surface area contributed by atoms with Crippen LogP contribution in [0.1, 0.15) is 23.6 Å². The molecular formula is C24H23BrCl2N2O4. The smallest absolute Gasteiger partial charge is 0.269 e. The molecule has 0 atom stereocenters. The summed E-state index contributed by atoms with van der Waals surface area (Å²) in [5, 5.41) is 15.5. The molecule has 9 heteroatoms. The van der Waals surface area contributed by atoms with Crippen molar-refractivity contribution in [3.8, 4) is 11.5 Å². The van der Waals surface area contributed by atoms with E-state index in [4.69, 9.17) is 32.7 Å². The van der Waals surface area contributed by atoms with E-state index in [9.17, 15) is 10.1 Å². The third-order valence-corrected chi connectivity index (χ3v) is 6.18. The van der Waals surface area contributed by atoms with Crippen LogP contribution in [0.5, 0.6) is 11.5 Å². The molecule has 3 aromatic carbocycles. The summed E-state index contributed by atoms with van der Waals surface area (Å²) in [5.41, 5.74) is 2.94. The predicted molar refractivity (Wildman–Crippen MR) is 135 cm³/mol. The van der Waals surface area contributed by atoms with Crippen molar-refractivity contribution in [2.24, 2.45) is 0 Å². The summed E-state index contributed by atoms with van der Waals surface area (Å²) >= 11 is 15.8. The van der Waals surface area contributed by atoms with E-state index in [0.717, 1.165) is 34.1 Å². The highest BCUT2D eigenvalue weighted by Gasteiger charge is 2.12. The lowest BCUT2D eigenvalue weighted by Gasteiger charge is -2.16. The van der Waals surface area contributed by atoms with Gasteiger partial charge in [0.2, 0.25) is 0 Å². The second-order valence-corrected chi connectivity index (χ2v) is 8.90. The number of ether oxygens (including phenoxy) is 2. The van der Waals surface area contributed by atoms with Crippen LogP contribution in [0.2, 0.25) is 10.0 Å². The van der Waals surface area contributed by atoms with Crippen LogP contribution in [0.3, 0.4) is 0 Å². The number of rotatable bonds is 11. The Hall–Kier alpha value is -2.32. The monoisotopic (exact) mass is 552 g/mol. The van der Waals surface area contributed by atoms with E-state index in [-0.39, 0.29) is 12.3 Å². The second-order valence-electron chi connectivity index (χ2n) is 7.20. The molecule has 0 saturated heterocycles. The number of nitrogens with zero attached hydrogens (tertiary/aromatic N) is 1. The summed E-state index contributed by atoms with van der Waals surface area (Å²) in [5.74, 6) is 1.24. The first kappa shape index (κ1) is 25.3. The first-order valence-electron chi connectivity index (χ1n) is 10.3. The number of benzene rings is 3. The molecule has 1 N–H and O–H groups in total. The third-order valence-electron chi connectivity index (χ3n) is 4.86. The van der Waals surface area contributed by atoms with E-state index < -0.39 is 4.92 Å². The number of halogens is 3. The van der Waals surface area contributed by atoms with Crippen molar-refractivity contribution in [1.82, 2.24) is 5.32 Å². The summed E-state index contributed by atoms with van der Waals surface area (Å²) in [6.07, 6.45) is 0.780. The highest BCUT2D eigenvalue weighted by atomic mass is 79.9. The Balaban J connectivity index is 1.61. The average Bonchev–Trinajstić information content (AvgIpc) is 2.79. The fourth-order valence-electron chi connectivity index (χ4n) is 3.14. The standard InChI is InChI=1S/C24H23BrCl2N2O4/c1-2-32-23-11-18(14-28-10-9-17-5-6-19(26)12-22(17)27)21(25)13-24(23)33-15-16-3-7-20(8-4-16)29(30)31/h3-8,11-13,28H,2,9-10,14-15H2,1H3. The Bertz CT molecular complexity index is 1110. The molecule has 0 saturated carbocycles. The zero-order valence-electron chi connectivity index (χ0n) is 17.9. The lowest BCUT2D eigenvalue weighted by molar-refractivity contribution is -0.384. The van der Waals surface area contributed by atoms with E-state index in [1.54, 1.807) is 18.2 Å². The largest absolute Gasteiger partial charge is 0.490 e. The van der Waals surface area contributed by atoms with Crippen LogP contribution in [0.4, 0.5) is 5.69 Å². The van der Waals surface area contributed by atoms with Gasteiger partial charge in [0.25, 0.3) is 5.69 Å². The van der Waals surface area contributed by atoms with Gasteiger partial charge in [-0.1, -0.05) is 45.2 Å². The second kappa shape index (κ2) is 12.2. The van der Waals surface area contributed by atoms with Crippen LogP contribution < -0.4 is 14.8 Å². The molecule has 0 fully saturated rings. The van der Waals surface area contributed by atoms with Gasteiger partial charge in [-0.05, 0) is 73.0 Å². The Morgan fingerprint density at radius 3 is 2.39 bits per heavy atom. The molecule has 0 aliphatic carbocycles. The molecule has 3 aromatic rings. The minimum absolute atomic E-state index is 0.0479. The Morgan fingerprint density at radius 2 is 1.73 bits per heavy atom. The van der Waals surface area contributed by atoms with Crippen molar-refractivity contribution in [3.63, 3.8) is 0 Å². The Morgan fingerprint density at radius 1 is 1.00 bits per heavy atom. The van der Waals surface area contributed by atoms with Crippen LogP contribution >= 0.6 is 39.1 Å². The minimum Gasteiger partial charge on any atom is -0.490 e. The first-order valence-corrected chi connectivity index (χ1v) is 11.9. The fraction of sp³-hybridized carbons (Fsp3) is 0.250. The molecule has 6 nitrogen and oxygen atoms in total. The Labute approximate surface area is 211 Å². The van der Waals surface area contributed by atoms with Gasteiger partial charge in [-0.15, -0.1) is 0 Å². The van der Waals surface area contributed by atoms with Crippen LogP contribution in [0, 0.1) is 10.1 Å². The zero-order valence-corrected chi connectivity index (χ0v) is 21.0. The quantitative estimate of drug-likeness (QED) is 0.157. The van der Waals surface area contributed by atoms with Crippen LogP contribution in [0.25, 0.3) is 0 Å². The van der Waals surface area contributed by atoms with Crippen molar-refractivity contribution in [3.05, 3.63) is 95.9 Å². The maximum atomic E-state index is 10.8. The van der Waals surface area contributed by atoms with E-state index in [1.807, 2.05) is 31.2 Å². The normalized spacial score (nSPS) is 10.8. The van der Waals surface area contributed by atoms with Gasteiger partial charge < -0.3 is 14.8 Å². The van der Waals surface area contributed by atoms with Gasteiger partial charge in [-0.2, -0.15) is 0 Å². The molecule has 0 radical (unpaired) electrons. The van der Waals surface area contributed by atoms with Crippen LogP contribution in [-0.2, 0) is 19.6 Å². The lowest BCUT2D eigenvalue weighted by atomic mass is 10.1. The average molecular weight is 554 g/mol. The summed E-state index contributed by atoms with van der Waals surface area (Å²) in [6.45, 7) is 4.06. The molecule has 0 bridgehead atoms. The molecule has 3 rings (SSSR count). The third kappa shape index (κ3) is 7.33. The van der Waals surface area contributed by atoms with Gasteiger partial charge in [0, 0.05) is 33.2 Å². The van der Waals surface area contributed by atoms with Gasteiger partial charge >= 0.3 is 0 Å². The molecule has 0 amide bonds.